The third-order valence-electron chi connectivity index (χ3n) is 1.23. The summed E-state index contributed by atoms with van der Waals surface area (Å²) in [5.41, 5.74) is 3.38. The largest absolute Gasteiger partial charge is 0.479 e. The van der Waals surface area contributed by atoms with Gasteiger partial charge in [-0.3, -0.25) is 5.43 Å². The van der Waals surface area contributed by atoms with Crippen LogP contribution in [0.3, 0.4) is 0 Å². The van der Waals surface area contributed by atoms with Gasteiger partial charge in [-0.25, -0.2) is 4.98 Å². The molecule has 0 aliphatic carbocycles. The topological polar surface area (TPSA) is 58.9 Å². The molecule has 1 heterocycles. The number of pyridine rings is 1. The van der Waals surface area contributed by atoms with Crippen molar-refractivity contribution < 1.29 is 4.74 Å². The minimum atomic E-state index is 0.505. The number of nitrogens with zero attached hydrogens (tertiary/aromatic N) is 3. The molecule has 0 aliphatic rings. The van der Waals surface area contributed by atoms with Crippen molar-refractivity contribution in [3.8, 4) is 5.88 Å². The Morgan fingerprint density at radius 3 is 3.08 bits per heavy atom. The van der Waals surface area contributed by atoms with Gasteiger partial charge in [0.1, 0.15) is 5.69 Å². The van der Waals surface area contributed by atoms with Crippen molar-refractivity contribution in [2.24, 2.45) is 10.3 Å². The Balaban J connectivity index is 2.81. The molecule has 0 atom stereocenters. The zero-order chi connectivity index (χ0) is 8.81. The van der Waals surface area contributed by atoms with Crippen molar-refractivity contribution >= 4 is 5.69 Å². The molecule has 0 saturated carbocycles. The van der Waals surface area contributed by atoms with Gasteiger partial charge < -0.3 is 4.74 Å². The number of rotatable bonds is 3. The van der Waals surface area contributed by atoms with Crippen LogP contribution in [-0.2, 0) is 0 Å². The van der Waals surface area contributed by atoms with Crippen LogP contribution >= 0.6 is 0 Å². The number of anilines is 1. The summed E-state index contributed by atoms with van der Waals surface area (Å²) in [5.74, 6) is 0.505. The lowest BCUT2D eigenvalue weighted by atomic mass is 10.4. The van der Waals surface area contributed by atoms with E-state index in [0.717, 1.165) is 0 Å². The minimum Gasteiger partial charge on any atom is -0.479 e. The zero-order valence-corrected chi connectivity index (χ0v) is 6.98. The Hall–Kier alpha value is -1.65. The van der Waals surface area contributed by atoms with Crippen LogP contribution in [0.15, 0.2) is 28.7 Å². The van der Waals surface area contributed by atoms with Gasteiger partial charge in [0.2, 0.25) is 5.88 Å². The van der Waals surface area contributed by atoms with Crippen LogP contribution in [0.25, 0.3) is 0 Å². The van der Waals surface area contributed by atoms with Crippen molar-refractivity contribution in [3.05, 3.63) is 18.3 Å². The van der Waals surface area contributed by atoms with E-state index in [1.807, 2.05) is 0 Å². The van der Waals surface area contributed by atoms with Gasteiger partial charge in [-0.2, -0.15) is 5.11 Å². The SMILES string of the molecule is CN=NNc1cccnc1OC. The van der Waals surface area contributed by atoms with E-state index >= 15 is 0 Å². The monoisotopic (exact) mass is 166 g/mol. The first kappa shape index (κ1) is 8.45. The zero-order valence-electron chi connectivity index (χ0n) is 6.98. The fourth-order valence-corrected chi connectivity index (χ4v) is 0.742. The van der Waals surface area contributed by atoms with Gasteiger partial charge in [0.05, 0.1) is 14.2 Å². The second kappa shape index (κ2) is 4.27. The average molecular weight is 166 g/mol. The van der Waals surface area contributed by atoms with Crippen LogP contribution in [0.2, 0.25) is 0 Å². The molecule has 0 amide bonds. The molecule has 64 valence electrons. The van der Waals surface area contributed by atoms with E-state index in [1.54, 1.807) is 32.5 Å². The molecule has 0 unspecified atom stereocenters. The molecule has 1 aromatic heterocycles. The highest BCUT2D eigenvalue weighted by molar-refractivity contribution is 5.50. The Bertz CT molecular complexity index is 274. The number of aromatic nitrogens is 1. The molecule has 0 fully saturated rings. The predicted molar refractivity (Wildman–Crippen MR) is 45.2 cm³/mol. The maximum Gasteiger partial charge on any atom is 0.239 e. The number of hydrogen-bond donors (Lipinski definition) is 1. The number of nitrogens with one attached hydrogen (secondary N) is 1. The first-order valence-corrected chi connectivity index (χ1v) is 3.42. The number of hydrogen-bond acceptors (Lipinski definition) is 4. The van der Waals surface area contributed by atoms with Crippen molar-refractivity contribution in [1.29, 1.82) is 0 Å². The molecule has 5 heteroatoms. The quantitative estimate of drug-likeness (QED) is 0.546. The summed E-state index contributed by atoms with van der Waals surface area (Å²) in [6, 6.07) is 3.59. The van der Waals surface area contributed by atoms with Crippen molar-refractivity contribution in [1.82, 2.24) is 4.98 Å². The summed E-state index contributed by atoms with van der Waals surface area (Å²) in [7, 11) is 3.13. The molecule has 0 aromatic carbocycles. The minimum absolute atomic E-state index is 0.505. The average Bonchev–Trinajstić information content (AvgIpc) is 2.15. The second-order valence-corrected chi connectivity index (χ2v) is 1.97. The van der Waals surface area contributed by atoms with E-state index in [1.165, 1.54) is 0 Å². The summed E-state index contributed by atoms with van der Waals surface area (Å²) in [4.78, 5) is 3.96. The molecule has 1 N–H and O–H groups in total. The fourth-order valence-electron chi connectivity index (χ4n) is 0.742. The van der Waals surface area contributed by atoms with E-state index in [0.29, 0.717) is 11.6 Å². The maximum absolute atomic E-state index is 4.97. The highest BCUT2D eigenvalue weighted by Crippen LogP contribution is 2.19. The lowest BCUT2D eigenvalue weighted by Gasteiger charge is -2.03. The van der Waals surface area contributed by atoms with E-state index in [4.69, 9.17) is 4.74 Å². The summed E-state index contributed by atoms with van der Waals surface area (Å²) in [6.45, 7) is 0. The third-order valence-corrected chi connectivity index (χ3v) is 1.23. The molecule has 5 nitrogen and oxygen atoms in total. The molecular formula is C7H10N4O. The smallest absolute Gasteiger partial charge is 0.239 e. The maximum atomic E-state index is 4.97. The molecule has 0 radical (unpaired) electrons. The molecule has 1 rings (SSSR count). The lowest BCUT2D eigenvalue weighted by molar-refractivity contribution is 0.399. The van der Waals surface area contributed by atoms with E-state index in [-0.39, 0.29) is 0 Å². The summed E-state index contributed by atoms with van der Waals surface area (Å²) in [6.07, 6.45) is 1.65. The molecule has 1 aromatic rings. The van der Waals surface area contributed by atoms with Crippen LogP contribution in [0.5, 0.6) is 5.88 Å². The van der Waals surface area contributed by atoms with Gasteiger partial charge in [0.25, 0.3) is 0 Å². The Kier molecular flexibility index (Phi) is 3.01. The standard InChI is InChI=1S/C7H10N4O/c1-8-11-10-6-4-3-5-9-7(6)12-2/h3-5H,1-2H3,(H,8,10). The number of ether oxygens (including phenoxy) is 1. The van der Waals surface area contributed by atoms with Crippen LogP contribution in [0.1, 0.15) is 0 Å². The Morgan fingerprint density at radius 2 is 2.42 bits per heavy atom. The number of methoxy groups -OCH3 is 1. The Morgan fingerprint density at radius 1 is 1.58 bits per heavy atom. The lowest BCUT2D eigenvalue weighted by Crippen LogP contribution is -1.94. The van der Waals surface area contributed by atoms with Crippen LogP contribution in [0.4, 0.5) is 5.69 Å². The van der Waals surface area contributed by atoms with Crippen LogP contribution < -0.4 is 10.2 Å². The summed E-state index contributed by atoms with van der Waals surface area (Å²) in [5, 5.41) is 7.14. The molecule has 0 aliphatic heterocycles. The summed E-state index contributed by atoms with van der Waals surface area (Å²) >= 11 is 0. The van der Waals surface area contributed by atoms with E-state index in [9.17, 15) is 0 Å². The third kappa shape index (κ3) is 1.91. The van der Waals surface area contributed by atoms with Crippen molar-refractivity contribution in [3.63, 3.8) is 0 Å². The fraction of sp³-hybridized carbons (Fsp3) is 0.286. The van der Waals surface area contributed by atoms with Gasteiger partial charge in [0, 0.05) is 6.20 Å². The van der Waals surface area contributed by atoms with Crippen LogP contribution in [-0.4, -0.2) is 19.1 Å². The first-order chi connectivity index (χ1) is 5.88. The highest BCUT2D eigenvalue weighted by atomic mass is 16.5. The van der Waals surface area contributed by atoms with Crippen LogP contribution in [0, 0.1) is 0 Å². The van der Waals surface area contributed by atoms with Crippen molar-refractivity contribution in [2.75, 3.05) is 19.6 Å². The van der Waals surface area contributed by atoms with Crippen molar-refractivity contribution in [2.45, 2.75) is 0 Å². The normalized spacial score (nSPS) is 10.2. The predicted octanol–water partition coefficient (Wildman–Crippen LogP) is 1.50. The van der Waals surface area contributed by atoms with Gasteiger partial charge in [-0.15, -0.1) is 0 Å². The summed E-state index contributed by atoms with van der Waals surface area (Å²) < 4.78 is 4.97. The van der Waals surface area contributed by atoms with Gasteiger partial charge in [-0.05, 0) is 12.1 Å². The molecule has 12 heavy (non-hydrogen) atoms. The first-order valence-electron chi connectivity index (χ1n) is 3.42. The van der Waals surface area contributed by atoms with Gasteiger partial charge >= 0.3 is 0 Å². The van der Waals surface area contributed by atoms with Gasteiger partial charge in [-0.1, -0.05) is 5.22 Å². The molecule has 0 bridgehead atoms. The van der Waals surface area contributed by atoms with Gasteiger partial charge in [0.15, 0.2) is 0 Å². The highest BCUT2D eigenvalue weighted by Gasteiger charge is 1.99. The Labute approximate surface area is 70.5 Å². The van der Waals surface area contributed by atoms with E-state index < -0.39 is 0 Å². The molecule has 0 saturated heterocycles. The molecular weight excluding hydrogens is 156 g/mol. The second-order valence-electron chi connectivity index (χ2n) is 1.97. The van der Waals surface area contributed by atoms with E-state index in [2.05, 4.69) is 20.7 Å². The molecule has 0 spiro atoms.